The summed E-state index contributed by atoms with van der Waals surface area (Å²) in [7, 11) is 0. The second kappa shape index (κ2) is 5.76. The van der Waals surface area contributed by atoms with Crippen molar-refractivity contribution in [2.24, 2.45) is 5.92 Å². The first-order valence-corrected chi connectivity index (χ1v) is 8.30. The van der Waals surface area contributed by atoms with Gasteiger partial charge in [-0.05, 0) is 44.2 Å². The summed E-state index contributed by atoms with van der Waals surface area (Å²) in [6, 6.07) is 8.31. The molecule has 1 aliphatic heterocycles. The SMILES string of the molecule is O=C(c1coc2ccccc12)N1CCC(NCC2CC2)CC1. The molecule has 0 bridgehead atoms. The highest BCUT2D eigenvalue weighted by Gasteiger charge is 2.27. The average Bonchev–Trinajstić information content (AvgIpc) is 3.30. The van der Waals surface area contributed by atoms with Gasteiger partial charge in [0.1, 0.15) is 11.8 Å². The Hall–Kier alpha value is -1.81. The summed E-state index contributed by atoms with van der Waals surface area (Å²) in [6.45, 7) is 2.83. The number of para-hydroxylation sites is 1. The van der Waals surface area contributed by atoms with Crippen molar-refractivity contribution >= 4 is 16.9 Å². The van der Waals surface area contributed by atoms with Gasteiger partial charge >= 0.3 is 0 Å². The number of rotatable bonds is 4. The molecule has 4 heteroatoms. The van der Waals surface area contributed by atoms with E-state index >= 15 is 0 Å². The highest BCUT2D eigenvalue weighted by Crippen LogP contribution is 2.28. The average molecular weight is 298 g/mol. The van der Waals surface area contributed by atoms with Crippen molar-refractivity contribution < 1.29 is 9.21 Å². The fourth-order valence-corrected chi connectivity index (χ4v) is 3.26. The number of carbonyl (C=O) groups is 1. The zero-order valence-electron chi connectivity index (χ0n) is 12.8. The summed E-state index contributed by atoms with van der Waals surface area (Å²) in [6.07, 6.45) is 6.47. The van der Waals surface area contributed by atoms with E-state index in [9.17, 15) is 4.79 Å². The van der Waals surface area contributed by atoms with Crippen molar-refractivity contribution in [2.45, 2.75) is 31.7 Å². The fourth-order valence-electron chi connectivity index (χ4n) is 3.26. The Kier molecular flexibility index (Phi) is 3.62. The molecule has 1 saturated heterocycles. The Morgan fingerprint density at radius 3 is 2.73 bits per heavy atom. The van der Waals surface area contributed by atoms with Crippen LogP contribution in [-0.4, -0.2) is 36.5 Å². The zero-order chi connectivity index (χ0) is 14.9. The maximum Gasteiger partial charge on any atom is 0.257 e. The number of furan rings is 1. The number of likely N-dealkylation sites (tertiary alicyclic amines) is 1. The lowest BCUT2D eigenvalue weighted by Gasteiger charge is -2.32. The van der Waals surface area contributed by atoms with E-state index in [1.54, 1.807) is 6.26 Å². The third-order valence-corrected chi connectivity index (χ3v) is 4.89. The van der Waals surface area contributed by atoms with Crippen molar-refractivity contribution in [3.8, 4) is 0 Å². The lowest BCUT2D eigenvalue weighted by atomic mass is 10.0. The molecule has 4 rings (SSSR count). The van der Waals surface area contributed by atoms with Crippen LogP contribution in [-0.2, 0) is 0 Å². The maximum absolute atomic E-state index is 12.7. The maximum atomic E-state index is 12.7. The predicted octanol–water partition coefficient (Wildman–Crippen LogP) is 3.04. The molecule has 2 aliphatic rings. The van der Waals surface area contributed by atoms with Crippen LogP contribution >= 0.6 is 0 Å². The molecule has 2 heterocycles. The molecule has 1 aliphatic carbocycles. The molecule has 1 aromatic carbocycles. The molecule has 1 amide bonds. The van der Waals surface area contributed by atoms with Crippen LogP contribution in [0.5, 0.6) is 0 Å². The Morgan fingerprint density at radius 1 is 1.18 bits per heavy atom. The van der Waals surface area contributed by atoms with Crippen LogP contribution in [0.2, 0.25) is 0 Å². The van der Waals surface area contributed by atoms with Gasteiger partial charge in [-0.1, -0.05) is 18.2 Å². The summed E-state index contributed by atoms with van der Waals surface area (Å²) >= 11 is 0. The van der Waals surface area contributed by atoms with Gasteiger partial charge < -0.3 is 14.6 Å². The smallest absolute Gasteiger partial charge is 0.257 e. The normalized spacial score (nSPS) is 19.7. The first-order valence-electron chi connectivity index (χ1n) is 8.30. The number of hydrogen-bond acceptors (Lipinski definition) is 3. The Morgan fingerprint density at radius 2 is 1.95 bits per heavy atom. The van der Waals surface area contributed by atoms with Gasteiger partial charge in [-0.15, -0.1) is 0 Å². The van der Waals surface area contributed by atoms with E-state index in [-0.39, 0.29) is 5.91 Å². The predicted molar refractivity (Wildman–Crippen MR) is 85.9 cm³/mol. The fraction of sp³-hybridized carbons (Fsp3) is 0.500. The van der Waals surface area contributed by atoms with E-state index in [4.69, 9.17) is 4.42 Å². The summed E-state index contributed by atoms with van der Waals surface area (Å²) in [4.78, 5) is 14.7. The first kappa shape index (κ1) is 13.8. The third-order valence-electron chi connectivity index (χ3n) is 4.89. The molecule has 0 unspecified atom stereocenters. The van der Waals surface area contributed by atoms with Crippen LogP contribution in [0.3, 0.4) is 0 Å². The van der Waals surface area contributed by atoms with Gasteiger partial charge in [0.25, 0.3) is 5.91 Å². The number of carbonyl (C=O) groups excluding carboxylic acids is 1. The summed E-state index contributed by atoms with van der Waals surface area (Å²) < 4.78 is 5.49. The van der Waals surface area contributed by atoms with Crippen LogP contribution in [0.1, 0.15) is 36.0 Å². The number of benzene rings is 1. The molecule has 116 valence electrons. The molecule has 22 heavy (non-hydrogen) atoms. The highest BCUT2D eigenvalue weighted by molar-refractivity contribution is 6.05. The summed E-state index contributed by atoms with van der Waals surface area (Å²) in [5, 5.41) is 4.57. The Labute approximate surface area is 130 Å². The standard InChI is InChI=1S/C18H22N2O2/c21-18(16-12-22-17-4-2-1-3-15(16)17)20-9-7-14(8-10-20)19-11-13-5-6-13/h1-4,12-14,19H,5-11H2. The Balaban J connectivity index is 1.39. The van der Waals surface area contributed by atoms with Gasteiger partial charge in [-0.2, -0.15) is 0 Å². The molecule has 4 nitrogen and oxygen atoms in total. The monoisotopic (exact) mass is 298 g/mol. The molecule has 2 fully saturated rings. The lowest BCUT2D eigenvalue weighted by molar-refractivity contribution is 0.0706. The van der Waals surface area contributed by atoms with Gasteiger partial charge in [0.05, 0.1) is 5.56 Å². The van der Waals surface area contributed by atoms with Crippen LogP contribution in [0.4, 0.5) is 0 Å². The van der Waals surface area contributed by atoms with Gasteiger partial charge in [0.2, 0.25) is 0 Å². The number of amides is 1. The molecule has 2 aromatic rings. The second-order valence-corrected chi connectivity index (χ2v) is 6.56. The van der Waals surface area contributed by atoms with Gasteiger partial charge in [0.15, 0.2) is 0 Å². The number of fused-ring (bicyclic) bond motifs is 1. The molecular weight excluding hydrogens is 276 g/mol. The summed E-state index contributed by atoms with van der Waals surface area (Å²) in [5.41, 5.74) is 1.48. The van der Waals surface area contributed by atoms with Crippen molar-refractivity contribution in [3.63, 3.8) is 0 Å². The van der Waals surface area contributed by atoms with Gasteiger partial charge in [0, 0.05) is 24.5 Å². The van der Waals surface area contributed by atoms with E-state index in [0.717, 1.165) is 49.4 Å². The minimum absolute atomic E-state index is 0.102. The van der Waals surface area contributed by atoms with E-state index in [2.05, 4.69) is 5.32 Å². The van der Waals surface area contributed by atoms with Crippen molar-refractivity contribution in [1.82, 2.24) is 10.2 Å². The molecule has 0 spiro atoms. The molecule has 0 atom stereocenters. The van der Waals surface area contributed by atoms with E-state index < -0.39 is 0 Å². The van der Waals surface area contributed by atoms with Gasteiger partial charge in [-0.3, -0.25) is 4.79 Å². The van der Waals surface area contributed by atoms with E-state index in [0.29, 0.717) is 11.6 Å². The van der Waals surface area contributed by atoms with Crippen LogP contribution in [0.15, 0.2) is 34.9 Å². The van der Waals surface area contributed by atoms with Crippen LogP contribution in [0, 0.1) is 5.92 Å². The van der Waals surface area contributed by atoms with E-state index in [1.807, 2.05) is 29.2 Å². The van der Waals surface area contributed by atoms with Crippen LogP contribution < -0.4 is 5.32 Å². The Bertz CT molecular complexity index is 667. The summed E-state index contributed by atoms with van der Waals surface area (Å²) in [5.74, 6) is 1.02. The minimum Gasteiger partial charge on any atom is -0.463 e. The minimum atomic E-state index is 0.102. The largest absolute Gasteiger partial charge is 0.463 e. The number of nitrogens with one attached hydrogen (secondary N) is 1. The molecule has 1 N–H and O–H groups in total. The van der Waals surface area contributed by atoms with Gasteiger partial charge in [-0.25, -0.2) is 0 Å². The van der Waals surface area contributed by atoms with Crippen molar-refractivity contribution in [1.29, 1.82) is 0 Å². The van der Waals surface area contributed by atoms with Crippen molar-refractivity contribution in [2.75, 3.05) is 19.6 Å². The number of piperidine rings is 1. The van der Waals surface area contributed by atoms with E-state index in [1.165, 1.54) is 12.8 Å². The molecular formula is C18H22N2O2. The third kappa shape index (κ3) is 2.75. The second-order valence-electron chi connectivity index (χ2n) is 6.56. The highest BCUT2D eigenvalue weighted by atomic mass is 16.3. The molecule has 1 saturated carbocycles. The topological polar surface area (TPSA) is 45.5 Å². The lowest BCUT2D eigenvalue weighted by Crippen LogP contribution is -2.45. The number of hydrogen-bond donors (Lipinski definition) is 1. The number of nitrogens with zero attached hydrogens (tertiary/aromatic N) is 1. The molecule has 0 radical (unpaired) electrons. The van der Waals surface area contributed by atoms with Crippen LogP contribution in [0.25, 0.3) is 11.0 Å². The molecule has 1 aromatic heterocycles. The zero-order valence-corrected chi connectivity index (χ0v) is 12.8. The quantitative estimate of drug-likeness (QED) is 0.943. The van der Waals surface area contributed by atoms with Crippen molar-refractivity contribution in [3.05, 3.63) is 36.1 Å². The first-order chi connectivity index (χ1) is 10.8.